The molecule has 4 nitrogen and oxygen atoms in total. The van der Waals surface area contributed by atoms with Crippen molar-refractivity contribution in [2.45, 2.75) is 6.42 Å². The first kappa shape index (κ1) is 12.4. The fraction of sp³-hybridized carbons (Fsp3) is 0.125. The third kappa shape index (κ3) is 2.69. The van der Waals surface area contributed by atoms with Crippen LogP contribution in [-0.4, -0.2) is 16.5 Å². The van der Waals surface area contributed by atoms with E-state index in [0.29, 0.717) is 5.82 Å². The van der Waals surface area contributed by atoms with Gasteiger partial charge in [0.15, 0.2) is 0 Å². The maximum absolute atomic E-state index is 5.65. The lowest BCUT2D eigenvalue weighted by molar-refractivity contribution is 1.01. The van der Waals surface area contributed by atoms with Crippen molar-refractivity contribution >= 4 is 22.5 Å². The summed E-state index contributed by atoms with van der Waals surface area (Å²) in [4.78, 5) is 8.68. The van der Waals surface area contributed by atoms with Crippen LogP contribution in [0.15, 0.2) is 54.7 Å². The van der Waals surface area contributed by atoms with Gasteiger partial charge in [0.1, 0.15) is 11.6 Å². The Balaban J connectivity index is 1.71. The number of nitrogens with zero attached hydrogens (tertiary/aromatic N) is 2. The lowest BCUT2D eigenvalue weighted by atomic mass is 10.1. The van der Waals surface area contributed by atoms with Crippen LogP contribution in [0.3, 0.4) is 0 Å². The lowest BCUT2D eigenvalue weighted by Crippen LogP contribution is -2.07. The van der Waals surface area contributed by atoms with Gasteiger partial charge in [0.25, 0.3) is 0 Å². The molecule has 0 aliphatic heterocycles. The minimum absolute atomic E-state index is 0.529. The molecular formula is C16H16N4. The topological polar surface area (TPSA) is 63.8 Å². The summed E-state index contributed by atoms with van der Waals surface area (Å²) >= 11 is 0. The third-order valence-corrected chi connectivity index (χ3v) is 3.19. The third-order valence-electron chi connectivity index (χ3n) is 3.19. The fourth-order valence-electron chi connectivity index (χ4n) is 2.24. The van der Waals surface area contributed by atoms with Crippen LogP contribution in [-0.2, 0) is 6.42 Å². The Bertz CT molecular complexity index is 719. The highest BCUT2D eigenvalue weighted by Crippen LogP contribution is 2.16. The number of anilines is 2. The zero-order valence-electron chi connectivity index (χ0n) is 11.1. The molecule has 1 aromatic carbocycles. The molecule has 0 aliphatic carbocycles. The quantitative estimate of drug-likeness (QED) is 0.760. The molecule has 3 rings (SSSR count). The predicted octanol–water partition coefficient (Wildman–Crippen LogP) is 2.87. The molecule has 0 spiro atoms. The van der Waals surface area contributed by atoms with Gasteiger partial charge in [-0.05, 0) is 30.2 Å². The van der Waals surface area contributed by atoms with E-state index in [1.807, 2.05) is 24.4 Å². The predicted molar refractivity (Wildman–Crippen MR) is 82.6 cm³/mol. The maximum Gasteiger partial charge on any atom is 0.128 e. The van der Waals surface area contributed by atoms with Crippen molar-refractivity contribution in [3.8, 4) is 0 Å². The number of rotatable bonds is 4. The number of para-hydroxylation sites is 1. The van der Waals surface area contributed by atoms with Crippen molar-refractivity contribution in [3.05, 3.63) is 60.3 Å². The highest BCUT2D eigenvalue weighted by Gasteiger charge is 2.01. The van der Waals surface area contributed by atoms with Gasteiger partial charge >= 0.3 is 0 Å². The molecule has 20 heavy (non-hydrogen) atoms. The van der Waals surface area contributed by atoms with Crippen molar-refractivity contribution in [2.75, 3.05) is 17.6 Å². The molecular weight excluding hydrogens is 248 g/mol. The molecule has 0 amide bonds. The van der Waals surface area contributed by atoms with E-state index < -0.39 is 0 Å². The number of fused-ring (bicyclic) bond motifs is 1. The maximum atomic E-state index is 5.65. The summed E-state index contributed by atoms with van der Waals surface area (Å²) in [6.07, 6.45) is 2.73. The number of hydrogen-bond acceptors (Lipinski definition) is 4. The molecule has 3 N–H and O–H groups in total. The smallest absolute Gasteiger partial charge is 0.128 e. The number of nitrogens with one attached hydrogen (secondary N) is 1. The molecule has 2 aromatic heterocycles. The van der Waals surface area contributed by atoms with Crippen LogP contribution in [0.25, 0.3) is 10.9 Å². The van der Waals surface area contributed by atoms with Crippen LogP contribution >= 0.6 is 0 Å². The van der Waals surface area contributed by atoms with E-state index >= 15 is 0 Å². The van der Waals surface area contributed by atoms with Crippen molar-refractivity contribution < 1.29 is 0 Å². The Morgan fingerprint density at radius 3 is 2.75 bits per heavy atom. The first-order valence-corrected chi connectivity index (χ1v) is 6.62. The number of nitrogen functional groups attached to an aromatic ring is 1. The van der Waals surface area contributed by atoms with E-state index in [4.69, 9.17) is 5.73 Å². The summed E-state index contributed by atoms with van der Waals surface area (Å²) in [7, 11) is 0. The second-order valence-electron chi connectivity index (χ2n) is 4.62. The second-order valence-corrected chi connectivity index (χ2v) is 4.62. The van der Waals surface area contributed by atoms with Crippen LogP contribution in [0.1, 0.15) is 5.56 Å². The Labute approximate surface area is 117 Å². The zero-order valence-corrected chi connectivity index (χ0v) is 11.1. The number of aromatic nitrogens is 2. The average Bonchev–Trinajstić information content (AvgIpc) is 2.48. The van der Waals surface area contributed by atoms with Gasteiger partial charge in [-0.1, -0.05) is 30.3 Å². The first-order valence-electron chi connectivity index (χ1n) is 6.62. The van der Waals surface area contributed by atoms with Crippen LogP contribution in [0.4, 0.5) is 11.6 Å². The molecule has 100 valence electrons. The van der Waals surface area contributed by atoms with E-state index in [-0.39, 0.29) is 0 Å². The molecule has 0 fully saturated rings. The van der Waals surface area contributed by atoms with Crippen LogP contribution < -0.4 is 11.1 Å². The van der Waals surface area contributed by atoms with E-state index in [0.717, 1.165) is 24.3 Å². The van der Waals surface area contributed by atoms with Gasteiger partial charge < -0.3 is 11.1 Å². The van der Waals surface area contributed by atoms with Crippen molar-refractivity contribution in [1.29, 1.82) is 0 Å². The molecule has 2 heterocycles. The van der Waals surface area contributed by atoms with Crippen LogP contribution in [0, 0.1) is 0 Å². The summed E-state index contributed by atoms with van der Waals surface area (Å²) in [5.41, 5.74) is 7.96. The van der Waals surface area contributed by atoms with Crippen molar-refractivity contribution in [3.63, 3.8) is 0 Å². The Morgan fingerprint density at radius 2 is 1.85 bits per heavy atom. The fourth-order valence-corrected chi connectivity index (χ4v) is 2.24. The standard InChI is InChI=1S/C16H16N4/c17-14-7-2-8-15(20-14)18-11-9-13-5-1-4-12-6-3-10-19-16(12)13/h1-8,10H,9,11H2,(H3,17,18,20). The molecule has 0 aliphatic rings. The summed E-state index contributed by atoms with van der Waals surface area (Å²) in [5.74, 6) is 1.33. The van der Waals surface area contributed by atoms with Crippen LogP contribution in [0.5, 0.6) is 0 Å². The van der Waals surface area contributed by atoms with Crippen molar-refractivity contribution in [2.24, 2.45) is 0 Å². The summed E-state index contributed by atoms with van der Waals surface area (Å²) in [5, 5.41) is 4.45. The Hall–Kier alpha value is -2.62. The Morgan fingerprint density at radius 1 is 1.00 bits per heavy atom. The van der Waals surface area contributed by atoms with E-state index in [1.165, 1.54) is 10.9 Å². The average molecular weight is 264 g/mol. The lowest BCUT2D eigenvalue weighted by Gasteiger charge is -2.08. The van der Waals surface area contributed by atoms with E-state index in [9.17, 15) is 0 Å². The van der Waals surface area contributed by atoms with Gasteiger partial charge in [-0.2, -0.15) is 0 Å². The molecule has 0 saturated carbocycles. The van der Waals surface area contributed by atoms with Gasteiger partial charge in [-0.25, -0.2) is 4.98 Å². The molecule has 4 heteroatoms. The van der Waals surface area contributed by atoms with Gasteiger partial charge in [0, 0.05) is 18.1 Å². The molecule has 0 unspecified atom stereocenters. The van der Waals surface area contributed by atoms with Crippen molar-refractivity contribution in [1.82, 2.24) is 9.97 Å². The van der Waals surface area contributed by atoms with Gasteiger partial charge in [-0.3, -0.25) is 4.98 Å². The second kappa shape index (κ2) is 5.57. The van der Waals surface area contributed by atoms with Gasteiger partial charge in [-0.15, -0.1) is 0 Å². The largest absolute Gasteiger partial charge is 0.384 e. The van der Waals surface area contributed by atoms with E-state index in [1.54, 1.807) is 6.07 Å². The minimum atomic E-state index is 0.529. The highest BCUT2D eigenvalue weighted by atomic mass is 15.0. The number of pyridine rings is 2. The monoisotopic (exact) mass is 264 g/mol. The first-order chi connectivity index (χ1) is 9.83. The molecule has 0 atom stereocenters. The molecule has 3 aromatic rings. The van der Waals surface area contributed by atoms with Crippen LogP contribution in [0.2, 0.25) is 0 Å². The van der Waals surface area contributed by atoms with E-state index in [2.05, 4.69) is 39.6 Å². The number of hydrogen-bond donors (Lipinski definition) is 2. The summed E-state index contributed by atoms with van der Waals surface area (Å²) < 4.78 is 0. The summed E-state index contributed by atoms with van der Waals surface area (Å²) in [6.45, 7) is 0.798. The zero-order chi connectivity index (χ0) is 13.8. The SMILES string of the molecule is Nc1cccc(NCCc2cccc3cccnc23)n1. The normalized spacial score (nSPS) is 10.6. The molecule has 0 radical (unpaired) electrons. The number of nitrogens with two attached hydrogens (primary N) is 1. The summed E-state index contributed by atoms with van der Waals surface area (Å²) in [6, 6.07) is 15.9. The van der Waals surface area contributed by atoms with Gasteiger partial charge in [0.2, 0.25) is 0 Å². The molecule has 0 bridgehead atoms. The highest BCUT2D eigenvalue weighted by molar-refractivity contribution is 5.81. The Kier molecular flexibility index (Phi) is 3.46. The minimum Gasteiger partial charge on any atom is -0.384 e. The molecule has 0 saturated heterocycles. The van der Waals surface area contributed by atoms with Gasteiger partial charge in [0.05, 0.1) is 5.52 Å². The number of benzene rings is 1.